The third-order valence-electron chi connectivity index (χ3n) is 9.93. The number of rotatable bonds is 6. The van der Waals surface area contributed by atoms with Crippen molar-refractivity contribution < 1.29 is 4.42 Å². The molecule has 0 aliphatic rings. The Labute approximate surface area is 306 Å². The minimum atomic E-state index is 0.585. The number of hydrogen-bond donors (Lipinski definition) is 0. The zero-order valence-electron chi connectivity index (χ0n) is 28.6. The van der Waals surface area contributed by atoms with Crippen LogP contribution in [0, 0.1) is 0 Å². The SMILES string of the molecule is c1ccc(-c2nc(-c3cccc(-c4ccc5ccccc5c4)c3)nc(-c3ccc4c(c3)oc3cccc(-c5ccccc5-c5ccccc5)c34)n2)cc1. The standard InChI is InChI=1S/C49H31N3O/c1-3-14-33(15-4-1)40-21-9-10-22-41(40)42-23-12-24-44-46(42)43-28-27-39(31-45(43)53-44)49-51-47(34-16-5-2-6-17-34)50-48(52-49)38-20-11-19-36(30-38)37-26-25-32-13-7-8-18-35(32)29-37/h1-31H. The van der Waals surface area contributed by atoms with E-state index in [1.807, 2.05) is 36.4 Å². The molecule has 2 aromatic heterocycles. The lowest BCUT2D eigenvalue weighted by atomic mass is 9.92. The number of nitrogens with zero attached hydrogens (tertiary/aromatic N) is 3. The van der Waals surface area contributed by atoms with Gasteiger partial charge in [0.15, 0.2) is 17.5 Å². The summed E-state index contributed by atoms with van der Waals surface area (Å²) in [6.45, 7) is 0. The van der Waals surface area contributed by atoms with Crippen molar-refractivity contribution in [1.29, 1.82) is 0 Å². The molecule has 8 aromatic carbocycles. The maximum absolute atomic E-state index is 6.58. The maximum Gasteiger partial charge on any atom is 0.164 e. The molecule has 0 fully saturated rings. The van der Waals surface area contributed by atoms with Gasteiger partial charge >= 0.3 is 0 Å². The molecule has 0 aliphatic heterocycles. The van der Waals surface area contributed by atoms with Crippen LogP contribution < -0.4 is 0 Å². The quantitative estimate of drug-likeness (QED) is 0.176. The van der Waals surface area contributed by atoms with Crippen LogP contribution in [-0.4, -0.2) is 15.0 Å². The Morgan fingerprint density at radius 2 is 0.849 bits per heavy atom. The largest absolute Gasteiger partial charge is 0.456 e. The van der Waals surface area contributed by atoms with Gasteiger partial charge in [-0.3, -0.25) is 0 Å². The molecule has 0 saturated heterocycles. The third-order valence-corrected chi connectivity index (χ3v) is 9.93. The summed E-state index contributed by atoms with van der Waals surface area (Å²) in [5.74, 6) is 1.81. The van der Waals surface area contributed by atoms with E-state index in [0.717, 1.165) is 60.9 Å². The van der Waals surface area contributed by atoms with Crippen molar-refractivity contribution in [3.63, 3.8) is 0 Å². The predicted octanol–water partition coefficient (Wildman–Crippen LogP) is 12.9. The predicted molar refractivity (Wildman–Crippen MR) is 217 cm³/mol. The molecule has 0 saturated carbocycles. The molecule has 10 aromatic rings. The van der Waals surface area contributed by atoms with Gasteiger partial charge in [0.05, 0.1) is 0 Å². The first-order valence-corrected chi connectivity index (χ1v) is 17.8. The minimum absolute atomic E-state index is 0.585. The van der Waals surface area contributed by atoms with Gasteiger partial charge in [-0.25, -0.2) is 15.0 Å². The van der Waals surface area contributed by atoms with E-state index in [1.54, 1.807) is 0 Å². The van der Waals surface area contributed by atoms with Crippen LogP contribution in [-0.2, 0) is 0 Å². The summed E-state index contributed by atoms with van der Waals surface area (Å²) in [6.07, 6.45) is 0. The van der Waals surface area contributed by atoms with Crippen LogP contribution in [0.15, 0.2) is 192 Å². The van der Waals surface area contributed by atoms with Crippen molar-refractivity contribution in [1.82, 2.24) is 15.0 Å². The van der Waals surface area contributed by atoms with Crippen LogP contribution in [0.2, 0.25) is 0 Å². The summed E-state index contributed by atoms with van der Waals surface area (Å²) in [5.41, 5.74) is 11.2. The molecule has 0 N–H and O–H groups in total. The molecule has 10 rings (SSSR count). The highest BCUT2D eigenvalue weighted by Gasteiger charge is 2.18. The molecule has 4 nitrogen and oxygen atoms in total. The van der Waals surface area contributed by atoms with Crippen molar-refractivity contribution in [3.05, 3.63) is 188 Å². The molecule has 0 unspecified atom stereocenters. The fourth-order valence-electron chi connectivity index (χ4n) is 7.33. The van der Waals surface area contributed by atoms with Crippen LogP contribution in [0.1, 0.15) is 0 Å². The third kappa shape index (κ3) is 5.63. The van der Waals surface area contributed by atoms with Crippen molar-refractivity contribution in [2.24, 2.45) is 0 Å². The van der Waals surface area contributed by atoms with Crippen molar-refractivity contribution in [3.8, 4) is 67.5 Å². The Bertz CT molecular complexity index is 2950. The van der Waals surface area contributed by atoms with Crippen LogP contribution >= 0.6 is 0 Å². The summed E-state index contributed by atoms with van der Waals surface area (Å²) in [5, 5.41) is 4.56. The molecular formula is C49H31N3O. The fourth-order valence-corrected chi connectivity index (χ4v) is 7.33. The normalized spacial score (nSPS) is 11.4. The molecule has 0 bridgehead atoms. The second kappa shape index (κ2) is 12.9. The number of aromatic nitrogens is 3. The highest BCUT2D eigenvalue weighted by Crippen LogP contribution is 2.41. The van der Waals surface area contributed by atoms with Gasteiger partial charge in [-0.1, -0.05) is 158 Å². The highest BCUT2D eigenvalue weighted by molar-refractivity contribution is 6.14. The summed E-state index contributed by atoms with van der Waals surface area (Å²) >= 11 is 0. The molecule has 0 amide bonds. The van der Waals surface area contributed by atoms with Crippen LogP contribution in [0.3, 0.4) is 0 Å². The number of fused-ring (bicyclic) bond motifs is 4. The molecule has 0 spiro atoms. The van der Waals surface area contributed by atoms with Crippen LogP contribution in [0.5, 0.6) is 0 Å². The summed E-state index contributed by atoms with van der Waals surface area (Å²) in [6, 6.07) is 65.2. The van der Waals surface area contributed by atoms with E-state index in [2.05, 4.69) is 152 Å². The van der Waals surface area contributed by atoms with Gasteiger partial charge in [-0.15, -0.1) is 0 Å². The first-order chi connectivity index (χ1) is 26.2. The second-order valence-corrected chi connectivity index (χ2v) is 13.2. The molecular weight excluding hydrogens is 647 g/mol. The summed E-state index contributed by atoms with van der Waals surface area (Å²) in [7, 11) is 0. The molecule has 0 radical (unpaired) electrons. The molecule has 4 heteroatoms. The Hall–Kier alpha value is -7.17. The molecule has 53 heavy (non-hydrogen) atoms. The topological polar surface area (TPSA) is 51.8 Å². The first kappa shape index (κ1) is 30.6. The maximum atomic E-state index is 6.58. The first-order valence-electron chi connectivity index (χ1n) is 17.8. The lowest BCUT2D eigenvalue weighted by molar-refractivity contribution is 0.669. The van der Waals surface area contributed by atoms with Gasteiger partial charge in [0.2, 0.25) is 0 Å². The Balaban J connectivity index is 1.10. The monoisotopic (exact) mass is 677 g/mol. The van der Waals surface area contributed by atoms with Gasteiger partial charge in [-0.2, -0.15) is 0 Å². The van der Waals surface area contributed by atoms with E-state index < -0.39 is 0 Å². The van der Waals surface area contributed by atoms with E-state index in [9.17, 15) is 0 Å². The second-order valence-electron chi connectivity index (χ2n) is 13.2. The Morgan fingerprint density at radius 1 is 0.302 bits per heavy atom. The zero-order valence-corrected chi connectivity index (χ0v) is 28.6. The van der Waals surface area contributed by atoms with Gasteiger partial charge in [-0.05, 0) is 74.5 Å². The van der Waals surface area contributed by atoms with Gasteiger partial charge in [0, 0.05) is 27.5 Å². The van der Waals surface area contributed by atoms with E-state index in [4.69, 9.17) is 19.4 Å². The van der Waals surface area contributed by atoms with Gasteiger partial charge in [0.1, 0.15) is 11.2 Å². The van der Waals surface area contributed by atoms with E-state index in [0.29, 0.717) is 17.5 Å². The highest BCUT2D eigenvalue weighted by atomic mass is 16.3. The summed E-state index contributed by atoms with van der Waals surface area (Å²) in [4.78, 5) is 15.1. The van der Waals surface area contributed by atoms with Crippen molar-refractivity contribution in [2.45, 2.75) is 0 Å². The van der Waals surface area contributed by atoms with Crippen molar-refractivity contribution >= 4 is 32.7 Å². The Kier molecular flexibility index (Phi) is 7.43. The van der Waals surface area contributed by atoms with Gasteiger partial charge in [0.25, 0.3) is 0 Å². The van der Waals surface area contributed by atoms with Crippen molar-refractivity contribution in [2.75, 3.05) is 0 Å². The van der Waals surface area contributed by atoms with E-state index >= 15 is 0 Å². The number of benzene rings is 8. The zero-order chi connectivity index (χ0) is 35.1. The minimum Gasteiger partial charge on any atom is -0.456 e. The lowest BCUT2D eigenvalue weighted by Gasteiger charge is -2.11. The average Bonchev–Trinajstić information content (AvgIpc) is 3.62. The van der Waals surface area contributed by atoms with E-state index in [1.165, 1.54) is 21.9 Å². The number of hydrogen-bond acceptors (Lipinski definition) is 4. The molecule has 0 aliphatic carbocycles. The van der Waals surface area contributed by atoms with Crippen LogP contribution in [0.25, 0.3) is 100 Å². The Morgan fingerprint density at radius 3 is 1.64 bits per heavy atom. The summed E-state index contributed by atoms with van der Waals surface area (Å²) < 4.78 is 6.58. The molecule has 2 heterocycles. The molecule has 248 valence electrons. The van der Waals surface area contributed by atoms with Gasteiger partial charge < -0.3 is 4.42 Å². The fraction of sp³-hybridized carbons (Fsp3) is 0. The lowest BCUT2D eigenvalue weighted by Crippen LogP contribution is -2.00. The number of furan rings is 1. The van der Waals surface area contributed by atoms with E-state index in [-0.39, 0.29) is 0 Å². The molecule has 0 atom stereocenters. The smallest absolute Gasteiger partial charge is 0.164 e. The van der Waals surface area contributed by atoms with Crippen LogP contribution in [0.4, 0.5) is 0 Å². The average molecular weight is 678 g/mol.